The maximum Gasteiger partial charge on any atom is 0.292 e. The minimum Gasteiger partial charge on any atom is -0.319 e. The van der Waals surface area contributed by atoms with Crippen molar-refractivity contribution in [3.8, 4) is 0 Å². The van der Waals surface area contributed by atoms with Crippen molar-refractivity contribution in [3.05, 3.63) is 70.0 Å². The van der Waals surface area contributed by atoms with E-state index >= 15 is 0 Å². The molecule has 0 aliphatic carbocycles. The predicted molar refractivity (Wildman–Crippen MR) is 84.5 cm³/mol. The Morgan fingerprint density at radius 3 is 2.52 bits per heavy atom. The zero-order valence-corrected chi connectivity index (χ0v) is 12.5. The molecule has 0 unspecified atom stereocenters. The smallest absolute Gasteiger partial charge is 0.292 e. The normalized spacial score (nSPS) is 10.6. The van der Waals surface area contributed by atoms with Crippen LogP contribution in [-0.2, 0) is 11.3 Å². The Morgan fingerprint density at radius 1 is 1.22 bits per heavy atom. The number of nitro benzene ring substituents is 1. The van der Waals surface area contributed by atoms with Crippen LogP contribution in [-0.4, -0.2) is 29.3 Å². The lowest BCUT2D eigenvalue weighted by atomic mass is 10.2. The number of carbonyl (C=O) groups excluding carboxylic acids is 1. The van der Waals surface area contributed by atoms with Crippen LogP contribution in [0, 0.1) is 15.9 Å². The summed E-state index contributed by atoms with van der Waals surface area (Å²) in [5.41, 5.74) is 0.882. The van der Waals surface area contributed by atoms with E-state index in [0.717, 1.165) is 5.56 Å². The van der Waals surface area contributed by atoms with Crippen molar-refractivity contribution in [2.45, 2.75) is 6.54 Å². The standard InChI is InChI=1S/C16H16FN3O3/c1-19(10-12-6-8-13(17)9-7-12)11-16(21)18-14-4-2-3-5-15(14)20(22)23/h2-9H,10-11H2,1H3,(H,18,21). The predicted octanol–water partition coefficient (Wildman–Crippen LogP) is 2.80. The van der Waals surface area contributed by atoms with Gasteiger partial charge in [-0.05, 0) is 30.8 Å². The number of benzene rings is 2. The summed E-state index contributed by atoms with van der Waals surface area (Å²) < 4.78 is 12.8. The lowest BCUT2D eigenvalue weighted by Crippen LogP contribution is -2.30. The van der Waals surface area contributed by atoms with E-state index in [1.807, 2.05) is 0 Å². The quantitative estimate of drug-likeness (QED) is 0.656. The van der Waals surface area contributed by atoms with Gasteiger partial charge in [0.15, 0.2) is 0 Å². The van der Waals surface area contributed by atoms with Crippen LogP contribution < -0.4 is 5.32 Å². The molecule has 7 heteroatoms. The van der Waals surface area contributed by atoms with Gasteiger partial charge in [0.1, 0.15) is 11.5 Å². The summed E-state index contributed by atoms with van der Waals surface area (Å²) in [6.07, 6.45) is 0. The number of hydrogen-bond donors (Lipinski definition) is 1. The second-order valence-corrected chi connectivity index (χ2v) is 5.12. The van der Waals surface area contributed by atoms with Crippen molar-refractivity contribution < 1.29 is 14.1 Å². The topological polar surface area (TPSA) is 75.5 Å². The Kier molecular flexibility index (Phi) is 5.37. The van der Waals surface area contributed by atoms with Gasteiger partial charge in [-0.1, -0.05) is 24.3 Å². The highest BCUT2D eigenvalue weighted by Gasteiger charge is 2.15. The third kappa shape index (κ3) is 4.86. The minimum atomic E-state index is -0.544. The first kappa shape index (κ1) is 16.6. The molecular weight excluding hydrogens is 301 g/mol. The summed E-state index contributed by atoms with van der Waals surface area (Å²) in [6, 6.07) is 12.0. The summed E-state index contributed by atoms with van der Waals surface area (Å²) in [4.78, 5) is 24.1. The van der Waals surface area contributed by atoms with Crippen LogP contribution in [0.1, 0.15) is 5.56 Å². The van der Waals surface area contributed by atoms with Gasteiger partial charge in [0.25, 0.3) is 5.69 Å². The van der Waals surface area contributed by atoms with Crippen LogP contribution in [0.15, 0.2) is 48.5 Å². The minimum absolute atomic E-state index is 0.0590. The average Bonchev–Trinajstić information content (AvgIpc) is 2.49. The largest absolute Gasteiger partial charge is 0.319 e. The molecule has 0 saturated heterocycles. The number of carbonyl (C=O) groups is 1. The van der Waals surface area contributed by atoms with E-state index in [1.165, 1.54) is 30.3 Å². The molecule has 0 aliphatic rings. The molecule has 0 aromatic heterocycles. The van der Waals surface area contributed by atoms with E-state index in [1.54, 1.807) is 30.1 Å². The molecule has 0 spiro atoms. The molecule has 1 N–H and O–H groups in total. The SMILES string of the molecule is CN(CC(=O)Nc1ccccc1[N+](=O)[O-])Cc1ccc(F)cc1. The number of halogens is 1. The van der Waals surface area contributed by atoms with Crippen LogP contribution in [0.2, 0.25) is 0 Å². The Labute approximate surface area is 132 Å². The van der Waals surface area contributed by atoms with E-state index in [2.05, 4.69) is 5.32 Å². The van der Waals surface area contributed by atoms with Gasteiger partial charge in [-0.25, -0.2) is 4.39 Å². The molecule has 23 heavy (non-hydrogen) atoms. The third-order valence-electron chi connectivity index (χ3n) is 3.15. The van der Waals surface area contributed by atoms with Crippen LogP contribution in [0.4, 0.5) is 15.8 Å². The van der Waals surface area contributed by atoms with E-state index in [0.29, 0.717) is 6.54 Å². The zero-order chi connectivity index (χ0) is 16.8. The van der Waals surface area contributed by atoms with Crippen molar-refractivity contribution in [2.24, 2.45) is 0 Å². The van der Waals surface area contributed by atoms with E-state index in [-0.39, 0.29) is 29.6 Å². The third-order valence-corrected chi connectivity index (χ3v) is 3.15. The summed E-state index contributed by atoms with van der Waals surface area (Å²) in [5.74, 6) is -0.672. The van der Waals surface area contributed by atoms with Gasteiger partial charge in [0.2, 0.25) is 5.91 Å². The van der Waals surface area contributed by atoms with Gasteiger partial charge in [-0.2, -0.15) is 0 Å². The zero-order valence-electron chi connectivity index (χ0n) is 12.5. The maximum atomic E-state index is 12.8. The summed E-state index contributed by atoms with van der Waals surface area (Å²) in [5, 5.41) is 13.4. The van der Waals surface area contributed by atoms with Gasteiger partial charge in [-0.3, -0.25) is 19.8 Å². The number of para-hydroxylation sites is 2. The highest BCUT2D eigenvalue weighted by atomic mass is 19.1. The molecule has 0 fully saturated rings. The molecule has 2 aromatic carbocycles. The van der Waals surface area contributed by atoms with E-state index in [4.69, 9.17) is 0 Å². The second kappa shape index (κ2) is 7.46. The summed E-state index contributed by atoms with van der Waals surface area (Å²) >= 11 is 0. The molecule has 120 valence electrons. The van der Waals surface area contributed by atoms with Crippen LogP contribution >= 0.6 is 0 Å². The van der Waals surface area contributed by atoms with E-state index < -0.39 is 4.92 Å². The summed E-state index contributed by atoms with van der Waals surface area (Å²) in [6.45, 7) is 0.522. The lowest BCUT2D eigenvalue weighted by molar-refractivity contribution is -0.383. The molecule has 2 rings (SSSR count). The van der Waals surface area contributed by atoms with Crippen LogP contribution in [0.5, 0.6) is 0 Å². The molecule has 0 bridgehead atoms. The number of amides is 1. The molecule has 0 heterocycles. The van der Waals surface area contributed by atoms with Crippen molar-refractivity contribution in [1.82, 2.24) is 4.90 Å². The molecule has 0 radical (unpaired) electrons. The molecule has 0 atom stereocenters. The second-order valence-electron chi connectivity index (χ2n) is 5.12. The first-order valence-corrected chi connectivity index (χ1v) is 6.92. The molecule has 6 nitrogen and oxygen atoms in total. The molecule has 1 amide bonds. The average molecular weight is 317 g/mol. The van der Waals surface area contributed by atoms with Crippen LogP contribution in [0.3, 0.4) is 0 Å². The van der Waals surface area contributed by atoms with Gasteiger partial charge in [0.05, 0.1) is 11.5 Å². The highest BCUT2D eigenvalue weighted by Crippen LogP contribution is 2.22. The number of nitro groups is 1. The molecule has 2 aromatic rings. The maximum absolute atomic E-state index is 12.8. The van der Waals surface area contributed by atoms with Crippen LogP contribution in [0.25, 0.3) is 0 Å². The van der Waals surface area contributed by atoms with E-state index in [9.17, 15) is 19.3 Å². The molecular formula is C16H16FN3O3. The molecule has 0 saturated carbocycles. The van der Waals surface area contributed by atoms with Gasteiger partial charge in [-0.15, -0.1) is 0 Å². The first-order chi connectivity index (χ1) is 11.0. The van der Waals surface area contributed by atoms with Crippen molar-refractivity contribution in [1.29, 1.82) is 0 Å². The number of likely N-dealkylation sites (N-methyl/N-ethyl adjacent to an activating group) is 1. The monoisotopic (exact) mass is 317 g/mol. The highest BCUT2D eigenvalue weighted by molar-refractivity contribution is 5.94. The Morgan fingerprint density at radius 2 is 1.87 bits per heavy atom. The van der Waals surface area contributed by atoms with Gasteiger partial charge in [0, 0.05) is 12.6 Å². The Bertz CT molecular complexity index is 704. The van der Waals surface area contributed by atoms with Gasteiger partial charge < -0.3 is 5.32 Å². The fourth-order valence-electron chi connectivity index (χ4n) is 2.13. The van der Waals surface area contributed by atoms with Gasteiger partial charge >= 0.3 is 0 Å². The van der Waals surface area contributed by atoms with Crippen molar-refractivity contribution >= 4 is 17.3 Å². The first-order valence-electron chi connectivity index (χ1n) is 6.92. The fraction of sp³-hybridized carbons (Fsp3) is 0.188. The lowest BCUT2D eigenvalue weighted by Gasteiger charge is -2.16. The number of anilines is 1. The van der Waals surface area contributed by atoms with Crippen molar-refractivity contribution in [3.63, 3.8) is 0 Å². The Hall–Kier alpha value is -2.80. The molecule has 0 aliphatic heterocycles. The fourth-order valence-corrected chi connectivity index (χ4v) is 2.13. The summed E-state index contributed by atoms with van der Waals surface area (Å²) in [7, 11) is 1.74. The number of nitrogens with zero attached hydrogens (tertiary/aromatic N) is 2. The number of hydrogen-bond acceptors (Lipinski definition) is 4. The number of nitrogens with one attached hydrogen (secondary N) is 1. The number of rotatable bonds is 6. The Balaban J connectivity index is 1.94. The van der Waals surface area contributed by atoms with Crippen molar-refractivity contribution in [2.75, 3.05) is 18.9 Å².